The smallest absolute Gasteiger partial charge is 0.253 e. The fourth-order valence-electron chi connectivity index (χ4n) is 4.70. The van der Waals surface area contributed by atoms with Gasteiger partial charge in [-0.05, 0) is 74.6 Å². The van der Waals surface area contributed by atoms with E-state index in [0.29, 0.717) is 6.04 Å². The van der Waals surface area contributed by atoms with Crippen molar-refractivity contribution in [3.63, 3.8) is 0 Å². The topological polar surface area (TPSA) is 37.7 Å². The number of rotatable bonds is 5. The predicted molar refractivity (Wildman–Crippen MR) is 133 cm³/mol. The first-order chi connectivity index (χ1) is 16.0. The van der Waals surface area contributed by atoms with Crippen LogP contribution in [0.4, 0.5) is 0 Å². The van der Waals surface area contributed by atoms with Gasteiger partial charge >= 0.3 is 0 Å². The van der Waals surface area contributed by atoms with Gasteiger partial charge in [0, 0.05) is 35.8 Å². The van der Waals surface area contributed by atoms with E-state index in [4.69, 9.17) is 4.74 Å². The lowest BCUT2D eigenvalue weighted by molar-refractivity contribution is 0.0783. The summed E-state index contributed by atoms with van der Waals surface area (Å²) in [6.07, 6.45) is 1.02. The largest absolute Gasteiger partial charge is 0.497 e. The van der Waals surface area contributed by atoms with Crippen molar-refractivity contribution in [2.45, 2.75) is 12.5 Å². The highest BCUT2D eigenvalue weighted by Crippen LogP contribution is 2.33. The second-order valence-electron chi connectivity index (χ2n) is 8.86. The molecule has 0 spiro atoms. The Morgan fingerprint density at radius 2 is 1.73 bits per heavy atom. The van der Waals surface area contributed by atoms with Gasteiger partial charge in [0.15, 0.2) is 0 Å². The van der Waals surface area contributed by atoms with Crippen LogP contribution in [0.3, 0.4) is 0 Å². The summed E-state index contributed by atoms with van der Waals surface area (Å²) in [4.78, 5) is 17.2. The zero-order valence-corrected chi connectivity index (χ0v) is 19.4. The standard InChI is InChI=1S/C28H29N3O2/c1-29(2)24-15-16-30(19-24)28(32)21-9-11-23(12-10-21)31-26-14-13-25(33-3)17-22(26)18-27(31)20-7-5-4-6-8-20/h4-14,17-18,24H,15-16,19H2,1-3H3. The van der Waals surface area contributed by atoms with Gasteiger partial charge in [0.25, 0.3) is 5.91 Å². The molecule has 1 unspecified atom stereocenters. The summed E-state index contributed by atoms with van der Waals surface area (Å²) in [7, 11) is 5.84. The summed E-state index contributed by atoms with van der Waals surface area (Å²) in [5, 5.41) is 1.11. The molecule has 1 saturated heterocycles. The Bertz CT molecular complexity index is 1280. The molecule has 5 heteroatoms. The lowest BCUT2D eigenvalue weighted by Gasteiger charge is -2.20. The summed E-state index contributed by atoms with van der Waals surface area (Å²) in [5.74, 6) is 0.943. The van der Waals surface area contributed by atoms with Gasteiger partial charge in [-0.15, -0.1) is 0 Å². The Hall–Kier alpha value is -3.57. The molecular weight excluding hydrogens is 410 g/mol. The summed E-state index contributed by atoms with van der Waals surface area (Å²) in [6, 6.07) is 27.1. The molecule has 5 rings (SSSR count). The van der Waals surface area contributed by atoms with Crippen LogP contribution < -0.4 is 4.74 Å². The molecule has 1 aromatic heterocycles. The molecule has 1 fully saturated rings. The van der Waals surface area contributed by atoms with Gasteiger partial charge in [0.1, 0.15) is 5.75 Å². The molecule has 168 valence electrons. The molecule has 1 atom stereocenters. The molecule has 1 aliphatic heterocycles. The second kappa shape index (κ2) is 8.75. The highest BCUT2D eigenvalue weighted by molar-refractivity contribution is 5.95. The third-order valence-electron chi connectivity index (χ3n) is 6.63. The van der Waals surface area contributed by atoms with E-state index in [2.05, 4.69) is 66.0 Å². The van der Waals surface area contributed by atoms with E-state index in [1.54, 1.807) is 7.11 Å². The third kappa shape index (κ3) is 4.00. The number of hydrogen-bond acceptors (Lipinski definition) is 3. The molecule has 1 aliphatic rings. The number of hydrogen-bond donors (Lipinski definition) is 0. The number of likely N-dealkylation sites (N-methyl/N-ethyl adjacent to an activating group) is 1. The van der Waals surface area contributed by atoms with Crippen LogP contribution in [0.2, 0.25) is 0 Å². The first-order valence-corrected chi connectivity index (χ1v) is 11.4. The van der Waals surface area contributed by atoms with Crippen LogP contribution in [-0.4, -0.2) is 60.6 Å². The minimum atomic E-state index is 0.108. The van der Waals surface area contributed by atoms with Crippen LogP contribution in [0.25, 0.3) is 27.8 Å². The van der Waals surface area contributed by atoms with Crippen molar-refractivity contribution < 1.29 is 9.53 Å². The zero-order chi connectivity index (χ0) is 22.9. The monoisotopic (exact) mass is 439 g/mol. The number of nitrogens with zero attached hydrogens (tertiary/aromatic N) is 3. The van der Waals surface area contributed by atoms with Crippen LogP contribution in [0.15, 0.2) is 78.9 Å². The van der Waals surface area contributed by atoms with E-state index < -0.39 is 0 Å². The molecule has 0 N–H and O–H groups in total. The van der Waals surface area contributed by atoms with Crippen molar-refractivity contribution in [1.29, 1.82) is 0 Å². The van der Waals surface area contributed by atoms with E-state index in [1.165, 1.54) is 0 Å². The van der Waals surface area contributed by atoms with Gasteiger partial charge < -0.3 is 19.1 Å². The normalized spacial score (nSPS) is 16.0. The van der Waals surface area contributed by atoms with E-state index in [0.717, 1.165) is 58.7 Å². The lowest BCUT2D eigenvalue weighted by atomic mass is 10.1. The fourth-order valence-corrected chi connectivity index (χ4v) is 4.70. The van der Waals surface area contributed by atoms with Crippen LogP contribution in [0.1, 0.15) is 16.8 Å². The van der Waals surface area contributed by atoms with Crippen molar-refractivity contribution in [3.05, 3.63) is 84.4 Å². The minimum absolute atomic E-state index is 0.108. The Morgan fingerprint density at radius 1 is 0.970 bits per heavy atom. The van der Waals surface area contributed by atoms with Gasteiger partial charge in [0.2, 0.25) is 0 Å². The molecule has 33 heavy (non-hydrogen) atoms. The lowest BCUT2D eigenvalue weighted by Crippen LogP contribution is -2.34. The predicted octanol–water partition coefficient (Wildman–Crippen LogP) is 5.08. The number of carbonyl (C=O) groups excluding carboxylic acids is 1. The van der Waals surface area contributed by atoms with Crippen molar-refractivity contribution in [3.8, 4) is 22.7 Å². The highest BCUT2D eigenvalue weighted by Gasteiger charge is 2.28. The molecule has 1 amide bonds. The summed E-state index contributed by atoms with van der Waals surface area (Å²) in [5.41, 5.74) is 5.10. The second-order valence-corrected chi connectivity index (χ2v) is 8.86. The number of methoxy groups -OCH3 is 1. The molecule has 0 radical (unpaired) electrons. The van der Waals surface area contributed by atoms with E-state index in [-0.39, 0.29) is 5.91 Å². The fraction of sp³-hybridized carbons (Fsp3) is 0.250. The molecular formula is C28H29N3O2. The van der Waals surface area contributed by atoms with Gasteiger partial charge in [-0.25, -0.2) is 0 Å². The maximum Gasteiger partial charge on any atom is 0.253 e. The first-order valence-electron chi connectivity index (χ1n) is 11.4. The number of ether oxygens (including phenoxy) is 1. The Balaban J connectivity index is 1.52. The number of likely N-dealkylation sites (tertiary alicyclic amines) is 1. The van der Waals surface area contributed by atoms with Gasteiger partial charge in [0.05, 0.1) is 18.3 Å². The van der Waals surface area contributed by atoms with Crippen LogP contribution >= 0.6 is 0 Å². The average Bonchev–Trinajstić information content (AvgIpc) is 3.49. The van der Waals surface area contributed by atoms with Crippen molar-refractivity contribution >= 4 is 16.8 Å². The SMILES string of the molecule is COc1ccc2c(c1)cc(-c1ccccc1)n2-c1ccc(C(=O)N2CCC(N(C)C)C2)cc1. The molecule has 0 bridgehead atoms. The average molecular weight is 440 g/mol. The maximum atomic E-state index is 13.1. The first kappa shape index (κ1) is 21.3. The number of carbonyl (C=O) groups is 1. The summed E-state index contributed by atoms with van der Waals surface area (Å²) >= 11 is 0. The quantitative estimate of drug-likeness (QED) is 0.435. The van der Waals surface area contributed by atoms with Crippen molar-refractivity contribution in [2.24, 2.45) is 0 Å². The van der Waals surface area contributed by atoms with Gasteiger partial charge in [-0.1, -0.05) is 30.3 Å². The maximum absolute atomic E-state index is 13.1. The van der Waals surface area contributed by atoms with Crippen molar-refractivity contribution in [2.75, 3.05) is 34.3 Å². The molecule has 0 aliphatic carbocycles. The molecule has 2 heterocycles. The molecule has 3 aromatic carbocycles. The Morgan fingerprint density at radius 3 is 2.39 bits per heavy atom. The molecule has 5 nitrogen and oxygen atoms in total. The summed E-state index contributed by atoms with van der Waals surface area (Å²) in [6.45, 7) is 1.60. The van der Waals surface area contributed by atoms with E-state index in [9.17, 15) is 4.79 Å². The molecule has 4 aromatic rings. The molecule has 0 saturated carbocycles. The number of amides is 1. The van der Waals surface area contributed by atoms with Gasteiger partial charge in [-0.2, -0.15) is 0 Å². The highest BCUT2D eigenvalue weighted by atomic mass is 16.5. The third-order valence-corrected chi connectivity index (χ3v) is 6.63. The zero-order valence-electron chi connectivity index (χ0n) is 19.4. The number of aromatic nitrogens is 1. The van der Waals surface area contributed by atoms with Crippen LogP contribution in [0.5, 0.6) is 5.75 Å². The Kier molecular flexibility index (Phi) is 5.65. The van der Waals surface area contributed by atoms with E-state index >= 15 is 0 Å². The van der Waals surface area contributed by atoms with E-state index in [1.807, 2.05) is 41.3 Å². The minimum Gasteiger partial charge on any atom is -0.497 e. The summed E-state index contributed by atoms with van der Waals surface area (Å²) < 4.78 is 7.69. The van der Waals surface area contributed by atoms with Gasteiger partial charge in [-0.3, -0.25) is 4.79 Å². The van der Waals surface area contributed by atoms with Crippen molar-refractivity contribution in [1.82, 2.24) is 14.4 Å². The number of fused-ring (bicyclic) bond motifs is 1. The van der Waals surface area contributed by atoms with Crippen LogP contribution in [-0.2, 0) is 0 Å². The van der Waals surface area contributed by atoms with Crippen LogP contribution in [0, 0.1) is 0 Å². The Labute approximate surface area is 194 Å². The number of benzene rings is 3.